The van der Waals surface area contributed by atoms with Crippen LogP contribution in [-0.4, -0.2) is 34.4 Å². The summed E-state index contributed by atoms with van der Waals surface area (Å²) in [5, 5.41) is 9.42. The van der Waals surface area contributed by atoms with Gasteiger partial charge in [-0.3, -0.25) is 4.79 Å². The van der Waals surface area contributed by atoms with E-state index in [1.807, 2.05) is 4.90 Å². The second kappa shape index (κ2) is 7.67. The molecule has 2 aliphatic carbocycles. The minimum Gasteiger partial charge on any atom is -0.393 e. The Bertz CT molecular complexity index is 519. The normalized spacial score (nSPS) is 24.4. The number of rotatable bonds is 6. The van der Waals surface area contributed by atoms with Gasteiger partial charge in [-0.05, 0) is 48.6 Å². The molecule has 4 heteroatoms. The van der Waals surface area contributed by atoms with Crippen molar-refractivity contribution in [1.82, 2.24) is 4.90 Å². The van der Waals surface area contributed by atoms with Crippen LogP contribution in [0.4, 0.5) is 0 Å². The molecule has 0 bridgehead atoms. The fourth-order valence-electron chi connectivity index (χ4n) is 3.88. The fraction of sp³-hybridized carbons (Fsp3) is 0.632. The van der Waals surface area contributed by atoms with Crippen molar-refractivity contribution in [2.24, 2.45) is 5.92 Å². The number of nitrogens with zero attached hydrogens (tertiary/aromatic N) is 1. The Balaban J connectivity index is 1.60. The fourth-order valence-corrected chi connectivity index (χ4v) is 4.04. The van der Waals surface area contributed by atoms with Gasteiger partial charge in [0.05, 0.1) is 6.10 Å². The van der Waals surface area contributed by atoms with Gasteiger partial charge in [0.25, 0.3) is 0 Å². The number of amides is 1. The molecule has 1 amide bonds. The number of aliphatic hydroxyl groups excluding tert-OH is 1. The van der Waals surface area contributed by atoms with E-state index in [4.69, 9.17) is 11.6 Å². The summed E-state index contributed by atoms with van der Waals surface area (Å²) in [7, 11) is 0. The zero-order valence-electron chi connectivity index (χ0n) is 13.6. The second-order valence-corrected chi connectivity index (χ2v) is 7.39. The molecular weight excluding hydrogens is 310 g/mol. The van der Waals surface area contributed by atoms with Gasteiger partial charge in [0.2, 0.25) is 5.91 Å². The Morgan fingerprint density at radius 2 is 1.83 bits per heavy atom. The largest absolute Gasteiger partial charge is 0.393 e. The van der Waals surface area contributed by atoms with E-state index in [0.717, 1.165) is 24.3 Å². The molecule has 0 radical (unpaired) electrons. The zero-order valence-corrected chi connectivity index (χ0v) is 14.3. The Morgan fingerprint density at radius 1 is 1.17 bits per heavy atom. The maximum atomic E-state index is 12.1. The Kier molecular flexibility index (Phi) is 5.60. The summed E-state index contributed by atoms with van der Waals surface area (Å²) in [4.78, 5) is 13.9. The van der Waals surface area contributed by atoms with Gasteiger partial charge >= 0.3 is 0 Å². The molecule has 0 atom stereocenters. The molecule has 3 nitrogen and oxygen atoms in total. The van der Waals surface area contributed by atoms with Crippen LogP contribution in [-0.2, 0) is 11.3 Å². The van der Waals surface area contributed by atoms with Crippen LogP contribution in [0.15, 0.2) is 24.3 Å². The number of hydrogen-bond donors (Lipinski definition) is 1. The number of aliphatic hydroxyl groups is 1. The lowest BCUT2D eigenvalue weighted by Crippen LogP contribution is -2.41. The standard InChI is InChI=1S/C19H26ClNO2/c20-11-19(23)21(13-15-9-18(22)10-15)12-14-5-7-17(8-6-14)16-3-1-2-4-16/h5-8,15-16,18,22H,1-4,9-13H2. The number of halogens is 1. The van der Waals surface area contributed by atoms with Gasteiger partial charge in [-0.25, -0.2) is 0 Å². The molecule has 23 heavy (non-hydrogen) atoms. The molecular formula is C19H26ClNO2. The van der Waals surface area contributed by atoms with Gasteiger partial charge in [0.1, 0.15) is 5.88 Å². The lowest BCUT2D eigenvalue weighted by Gasteiger charge is -2.35. The van der Waals surface area contributed by atoms with Crippen LogP contribution >= 0.6 is 11.6 Å². The maximum Gasteiger partial charge on any atom is 0.237 e. The van der Waals surface area contributed by atoms with Gasteiger partial charge in [0, 0.05) is 13.1 Å². The van der Waals surface area contributed by atoms with Crippen LogP contribution in [0.3, 0.4) is 0 Å². The summed E-state index contributed by atoms with van der Waals surface area (Å²) in [5.74, 6) is 1.14. The van der Waals surface area contributed by atoms with Crippen molar-refractivity contribution in [2.75, 3.05) is 12.4 Å². The lowest BCUT2D eigenvalue weighted by atomic mass is 9.82. The number of carbonyl (C=O) groups excluding carboxylic acids is 1. The van der Waals surface area contributed by atoms with Gasteiger partial charge in [-0.2, -0.15) is 0 Å². The highest BCUT2D eigenvalue weighted by molar-refractivity contribution is 6.27. The summed E-state index contributed by atoms with van der Waals surface area (Å²) in [5.41, 5.74) is 2.59. The van der Waals surface area contributed by atoms with E-state index >= 15 is 0 Å². The quantitative estimate of drug-likeness (QED) is 0.805. The molecule has 0 saturated heterocycles. The van der Waals surface area contributed by atoms with Crippen molar-refractivity contribution < 1.29 is 9.90 Å². The van der Waals surface area contributed by atoms with E-state index in [9.17, 15) is 9.90 Å². The van der Waals surface area contributed by atoms with Crippen LogP contribution < -0.4 is 0 Å². The van der Waals surface area contributed by atoms with Crippen molar-refractivity contribution in [3.8, 4) is 0 Å². The molecule has 1 aromatic carbocycles. The van der Waals surface area contributed by atoms with Crippen molar-refractivity contribution >= 4 is 17.5 Å². The lowest BCUT2D eigenvalue weighted by molar-refractivity contribution is -0.131. The van der Waals surface area contributed by atoms with Crippen molar-refractivity contribution in [2.45, 2.75) is 57.1 Å². The SMILES string of the molecule is O=C(CCl)N(Cc1ccc(C2CCCC2)cc1)CC1CC(O)C1. The molecule has 0 heterocycles. The average Bonchev–Trinajstić information content (AvgIpc) is 3.07. The maximum absolute atomic E-state index is 12.1. The van der Waals surface area contributed by atoms with E-state index in [1.54, 1.807) is 0 Å². The molecule has 3 rings (SSSR count). The molecule has 2 saturated carbocycles. The molecule has 0 spiro atoms. The van der Waals surface area contributed by atoms with Crippen LogP contribution in [0, 0.1) is 5.92 Å². The Morgan fingerprint density at radius 3 is 2.39 bits per heavy atom. The van der Waals surface area contributed by atoms with Crippen molar-refractivity contribution in [3.63, 3.8) is 0 Å². The van der Waals surface area contributed by atoms with E-state index in [-0.39, 0.29) is 17.9 Å². The van der Waals surface area contributed by atoms with Crippen LogP contribution in [0.5, 0.6) is 0 Å². The first kappa shape index (κ1) is 16.8. The Hall–Kier alpha value is -1.06. The van der Waals surface area contributed by atoms with Crippen LogP contribution in [0.1, 0.15) is 55.6 Å². The smallest absolute Gasteiger partial charge is 0.237 e. The number of hydrogen-bond acceptors (Lipinski definition) is 2. The zero-order chi connectivity index (χ0) is 16.2. The summed E-state index contributed by atoms with van der Waals surface area (Å²) >= 11 is 5.76. The average molecular weight is 336 g/mol. The third-order valence-electron chi connectivity index (χ3n) is 5.34. The summed E-state index contributed by atoms with van der Waals surface area (Å²) < 4.78 is 0. The predicted molar refractivity (Wildman–Crippen MR) is 92.5 cm³/mol. The number of alkyl halides is 1. The van der Waals surface area contributed by atoms with Gasteiger partial charge in [-0.15, -0.1) is 11.6 Å². The van der Waals surface area contributed by atoms with E-state index < -0.39 is 0 Å². The molecule has 2 fully saturated rings. The van der Waals surface area contributed by atoms with Crippen molar-refractivity contribution in [1.29, 1.82) is 0 Å². The van der Waals surface area contributed by atoms with E-state index in [1.165, 1.54) is 31.2 Å². The van der Waals surface area contributed by atoms with E-state index in [0.29, 0.717) is 19.0 Å². The molecule has 1 aromatic rings. The molecule has 0 aromatic heterocycles. The molecule has 0 aliphatic heterocycles. The number of benzene rings is 1. The third-order valence-corrected chi connectivity index (χ3v) is 5.56. The van der Waals surface area contributed by atoms with Gasteiger partial charge in [-0.1, -0.05) is 37.1 Å². The molecule has 1 N–H and O–H groups in total. The first-order valence-corrected chi connectivity index (χ1v) is 9.30. The predicted octanol–water partition coefficient (Wildman–Crippen LogP) is 3.68. The first-order chi connectivity index (χ1) is 11.2. The second-order valence-electron chi connectivity index (χ2n) is 7.12. The minimum atomic E-state index is -0.182. The molecule has 126 valence electrons. The molecule has 2 aliphatic rings. The monoisotopic (exact) mass is 335 g/mol. The minimum absolute atomic E-state index is 0.0204. The van der Waals surface area contributed by atoms with Crippen molar-refractivity contribution in [3.05, 3.63) is 35.4 Å². The number of carbonyl (C=O) groups is 1. The summed E-state index contributed by atoms with van der Waals surface area (Å²) in [6.45, 7) is 1.32. The highest BCUT2D eigenvalue weighted by Gasteiger charge is 2.30. The topological polar surface area (TPSA) is 40.5 Å². The summed E-state index contributed by atoms with van der Waals surface area (Å²) in [6, 6.07) is 8.75. The van der Waals surface area contributed by atoms with Crippen LogP contribution in [0.25, 0.3) is 0 Å². The van der Waals surface area contributed by atoms with E-state index in [2.05, 4.69) is 24.3 Å². The van der Waals surface area contributed by atoms with Gasteiger partial charge < -0.3 is 10.0 Å². The Labute approximate surface area is 143 Å². The first-order valence-electron chi connectivity index (χ1n) is 8.76. The highest BCUT2D eigenvalue weighted by atomic mass is 35.5. The molecule has 0 unspecified atom stereocenters. The van der Waals surface area contributed by atoms with Crippen LogP contribution in [0.2, 0.25) is 0 Å². The summed E-state index contributed by atoms with van der Waals surface area (Å²) in [6.07, 6.45) is 6.72. The third kappa shape index (κ3) is 4.27. The highest BCUT2D eigenvalue weighted by Crippen LogP contribution is 2.34. The van der Waals surface area contributed by atoms with Gasteiger partial charge in [0.15, 0.2) is 0 Å².